The van der Waals surface area contributed by atoms with Crippen LogP contribution in [0.15, 0.2) is 0 Å². The van der Waals surface area contributed by atoms with Crippen LogP contribution in [-0.4, -0.2) is 22.6 Å². The molecule has 0 atom stereocenters. The van der Waals surface area contributed by atoms with Crippen LogP contribution in [0, 0.1) is 6.92 Å². The number of nitrogens with one attached hydrogen (secondary N) is 1. The molecule has 0 saturated carbocycles. The van der Waals surface area contributed by atoms with Crippen LogP contribution in [0.1, 0.15) is 41.1 Å². The first-order valence-corrected chi connectivity index (χ1v) is 6.23. The third kappa shape index (κ3) is 4.33. The van der Waals surface area contributed by atoms with Crippen molar-refractivity contribution in [2.75, 3.05) is 0 Å². The van der Waals surface area contributed by atoms with Gasteiger partial charge in [-0.25, -0.2) is 9.78 Å². The Hall–Kier alpha value is -1.63. The van der Waals surface area contributed by atoms with Crippen molar-refractivity contribution < 1.29 is 14.3 Å². The number of hydrogen-bond acceptors (Lipinski definition) is 5. The summed E-state index contributed by atoms with van der Waals surface area (Å²) < 4.78 is 5.08. The van der Waals surface area contributed by atoms with Crippen LogP contribution in [0.25, 0.3) is 0 Å². The molecule has 1 aromatic heterocycles. The Labute approximate surface area is 110 Å². The van der Waals surface area contributed by atoms with Crippen LogP contribution in [0.4, 0.5) is 4.79 Å². The Balaban J connectivity index is 2.57. The van der Waals surface area contributed by atoms with Gasteiger partial charge in [0.15, 0.2) is 0 Å². The molecule has 0 spiro atoms. The van der Waals surface area contributed by atoms with Gasteiger partial charge in [-0.05, 0) is 27.7 Å². The molecular weight excluding hydrogens is 254 g/mol. The number of carbonyl (C=O) groups is 2. The normalized spacial score (nSPS) is 11.1. The molecule has 0 bridgehead atoms. The summed E-state index contributed by atoms with van der Waals surface area (Å²) in [6.45, 7) is 7.32. The second kappa shape index (κ2) is 5.34. The molecule has 2 amide bonds. The number of aromatic nitrogens is 1. The van der Waals surface area contributed by atoms with Crippen molar-refractivity contribution in [3.8, 4) is 0 Å². The molecule has 0 saturated heterocycles. The quantitative estimate of drug-likeness (QED) is 0.872. The van der Waals surface area contributed by atoms with Gasteiger partial charge < -0.3 is 15.8 Å². The maximum absolute atomic E-state index is 11.4. The Bertz CT molecular complexity index is 463. The first kappa shape index (κ1) is 14.4. The summed E-state index contributed by atoms with van der Waals surface area (Å²) in [5, 5.41) is 3.19. The number of amides is 2. The van der Waals surface area contributed by atoms with E-state index in [0.29, 0.717) is 5.01 Å². The lowest BCUT2D eigenvalue weighted by Gasteiger charge is -2.19. The Kier molecular flexibility index (Phi) is 4.28. The van der Waals surface area contributed by atoms with Crippen molar-refractivity contribution in [2.45, 2.75) is 39.8 Å². The summed E-state index contributed by atoms with van der Waals surface area (Å²) in [5.74, 6) is -0.563. The third-order valence-electron chi connectivity index (χ3n) is 1.86. The molecule has 1 rings (SSSR count). The van der Waals surface area contributed by atoms with Crippen molar-refractivity contribution in [1.82, 2.24) is 10.3 Å². The summed E-state index contributed by atoms with van der Waals surface area (Å²) in [4.78, 5) is 27.2. The zero-order valence-electron chi connectivity index (χ0n) is 10.9. The van der Waals surface area contributed by atoms with E-state index in [9.17, 15) is 9.59 Å². The van der Waals surface area contributed by atoms with Crippen molar-refractivity contribution in [2.24, 2.45) is 5.73 Å². The number of aryl methyl sites for hydroxylation is 1. The first-order chi connectivity index (χ1) is 8.19. The van der Waals surface area contributed by atoms with Crippen molar-refractivity contribution in [1.29, 1.82) is 0 Å². The van der Waals surface area contributed by atoms with Gasteiger partial charge in [-0.3, -0.25) is 4.79 Å². The second-order valence-electron chi connectivity index (χ2n) is 4.73. The van der Waals surface area contributed by atoms with E-state index in [1.807, 2.05) is 0 Å². The third-order valence-corrected chi connectivity index (χ3v) is 2.83. The highest BCUT2D eigenvalue weighted by atomic mass is 32.1. The summed E-state index contributed by atoms with van der Waals surface area (Å²) in [7, 11) is 0. The number of nitrogens with zero attached hydrogens (tertiary/aromatic N) is 1. The molecule has 0 fully saturated rings. The summed E-state index contributed by atoms with van der Waals surface area (Å²) in [6.07, 6.45) is -0.518. The van der Waals surface area contributed by atoms with Crippen molar-refractivity contribution in [3.05, 3.63) is 15.6 Å². The lowest BCUT2D eigenvalue weighted by atomic mass is 10.2. The fraction of sp³-hybridized carbons (Fsp3) is 0.545. The average Bonchev–Trinajstić information content (AvgIpc) is 2.54. The first-order valence-electron chi connectivity index (χ1n) is 5.42. The van der Waals surface area contributed by atoms with E-state index in [4.69, 9.17) is 10.5 Å². The Morgan fingerprint density at radius 3 is 2.50 bits per heavy atom. The molecule has 18 heavy (non-hydrogen) atoms. The van der Waals surface area contributed by atoms with Gasteiger partial charge in [0.25, 0.3) is 5.91 Å². The minimum absolute atomic E-state index is 0.216. The maximum Gasteiger partial charge on any atom is 0.408 e. The van der Waals surface area contributed by atoms with E-state index in [1.165, 1.54) is 11.3 Å². The minimum Gasteiger partial charge on any atom is -0.444 e. The number of ether oxygens (including phenoxy) is 1. The predicted molar refractivity (Wildman–Crippen MR) is 68.4 cm³/mol. The van der Waals surface area contributed by atoms with E-state index in [1.54, 1.807) is 27.7 Å². The monoisotopic (exact) mass is 271 g/mol. The number of thiazole rings is 1. The summed E-state index contributed by atoms with van der Waals surface area (Å²) in [6, 6.07) is 0. The van der Waals surface area contributed by atoms with Gasteiger partial charge in [-0.15, -0.1) is 11.3 Å². The topological polar surface area (TPSA) is 94.3 Å². The van der Waals surface area contributed by atoms with Crippen LogP contribution in [0.2, 0.25) is 0 Å². The van der Waals surface area contributed by atoms with Crippen LogP contribution in [0.5, 0.6) is 0 Å². The average molecular weight is 271 g/mol. The van der Waals surface area contributed by atoms with Gasteiger partial charge in [-0.2, -0.15) is 0 Å². The fourth-order valence-electron chi connectivity index (χ4n) is 1.22. The molecule has 1 heterocycles. The van der Waals surface area contributed by atoms with Crippen molar-refractivity contribution >= 4 is 23.3 Å². The van der Waals surface area contributed by atoms with E-state index < -0.39 is 17.6 Å². The molecule has 0 radical (unpaired) electrons. The van der Waals surface area contributed by atoms with Crippen LogP contribution >= 0.6 is 11.3 Å². The molecular formula is C11H17N3O3S. The minimum atomic E-state index is -0.563. The van der Waals surface area contributed by atoms with Gasteiger partial charge in [0, 0.05) is 4.88 Å². The molecule has 0 aliphatic rings. The van der Waals surface area contributed by atoms with Gasteiger partial charge in [0.05, 0.1) is 6.54 Å². The number of hydrogen-bond donors (Lipinski definition) is 2. The Morgan fingerprint density at radius 1 is 1.44 bits per heavy atom. The highest BCUT2D eigenvalue weighted by Crippen LogP contribution is 2.17. The number of alkyl carbamates (subject to hydrolysis) is 1. The largest absolute Gasteiger partial charge is 0.444 e. The molecule has 100 valence electrons. The van der Waals surface area contributed by atoms with Gasteiger partial charge >= 0.3 is 6.09 Å². The lowest BCUT2D eigenvalue weighted by Crippen LogP contribution is -2.32. The maximum atomic E-state index is 11.4. The number of primary amides is 1. The zero-order valence-corrected chi connectivity index (χ0v) is 11.7. The number of nitrogens with two attached hydrogens (primary N) is 1. The molecule has 0 unspecified atom stereocenters. The Morgan fingerprint density at radius 2 is 2.06 bits per heavy atom. The second-order valence-corrected chi connectivity index (χ2v) is 6.02. The fourth-order valence-corrected chi connectivity index (χ4v) is 2.10. The molecule has 0 aliphatic carbocycles. The SMILES string of the molecule is Cc1sc(CNC(=O)OC(C)(C)C)nc1C(N)=O. The highest BCUT2D eigenvalue weighted by Gasteiger charge is 2.17. The predicted octanol–water partition coefficient (Wildman–Crippen LogP) is 1.58. The van der Waals surface area contributed by atoms with E-state index >= 15 is 0 Å². The van der Waals surface area contributed by atoms with Crippen molar-refractivity contribution in [3.63, 3.8) is 0 Å². The molecule has 1 aromatic rings. The van der Waals surface area contributed by atoms with Crippen LogP contribution in [0.3, 0.4) is 0 Å². The molecule has 0 aliphatic heterocycles. The summed E-state index contributed by atoms with van der Waals surface area (Å²) in [5.41, 5.74) is 4.87. The number of carbonyl (C=O) groups excluding carboxylic acids is 2. The van der Waals surface area contributed by atoms with Gasteiger partial charge in [0.2, 0.25) is 0 Å². The number of rotatable bonds is 3. The van der Waals surface area contributed by atoms with Gasteiger partial charge in [0.1, 0.15) is 16.3 Å². The molecule has 3 N–H and O–H groups in total. The molecule has 7 heteroatoms. The van der Waals surface area contributed by atoms with E-state index in [0.717, 1.165) is 4.88 Å². The highest BCUT2D eigenvalue weighted by molar-refractivity contribution is 7.11. The molecule has 0 aromatic carbocycles. The zero-order chi connectivity index (χ0) is 13.9. The smallest absolute Gasteiger partial charge is 0.408 e. The van der Waals surface area contributed by atoms with Crippen LogP contribution in [-0.2, 0) is 11.3 Å². The van der Waals surface area contributed by atoms with E-state index in [2.05, 4.69) is 10.3 Å². The lowest BCUT2D eigenvalue weighted by molar-refractivity contribution is 0.0523. The van der Waals surface area contributed by atoms with Gasteiger partial charge in [-0.1, -0.05) is 0 Å². The summed E-state index contributed by atoms with van der Waals surface area (Å²) >= 11 is 1.32. The molecule has 6 nitrogen and oxygen atoms in total. The van der Waals surface area contributed by atoms with E-state index in [-0.39, 0.29) is 12.2 Å². The van der Waals surface area contributed by atoms with Crippen LogP contribution < -0.4 is 11.1 Å². The standard InChI is InChI=1S/C11H17N3O3S/c1-6-8(9(12)15)14-7(18-6)5-13-10(16)17-11(2,3)4/h5H2,1-4H3,(H2,12,15)(H,13,16).